The highest BCUT2D eigenvalue weighted by Crippen LogP contribution is 2.06. The number of halogens is 1. The average Bonchev–Trinajstić information content (AvgIpc) is 2.44. The number of benzene rings is 1. The largest absolute Gasteiger partial charge is 0.382 e. The molecule has 0 aliphatic carbocycles. The topological polar surface area (TPSA) is 53.7 Å². The van der Waals surface area contributed by atoms with Gasteiger partial charge in [0.05, 0.1) is 26.4 Å². The van der Waals surface area contributed by atoms with Crippen molar-refractivity contribution in [2.75, 3.05) is 40.1 Å². The Bertz CT molecular complexity index is 345. The fourth-order valence-electron chi connectivity index (χ4n) is 1.72. The van der Waals surface area contributed by atoms with Gasteiger partial charge in [-0.25, -0.2) is 4.39 Å². The van der Waals surface area contributed by atoms with E-state index < -0.39 is 0 Å². The van der Waals surface area contributed by atoms with E-state index in [-0.39, 0.29) is 11.9 Å². The first-order chi connectivity index (χ1) is 9.72. The fraction of sp³-hybridized carbons (Fsp3) is 0.600. The van der Waals surface area contributed by atoms with Crippen molar-refractivity contribution in [1.29, 1.82) is 0 Å². The van der Waals surface area contributed by atoms with Gasteiger partial charge in [-0.15, -0.1) is 0 Å². The Hall–Kier alpha value is -1.01. The Balaban J connectivity index is 2.00. The maximum atomic E-state index is 12.8. The third kappa shape index (κ3) is 8.22. The summed E-state index contributed by atoms with van der Waals surface area (Å²) in [6.45, 7) is 2.92. The summed E-state index contributed by atoms with van der Waals surface area (Å²) >= 11 is 0. The van der Waals surface area contributed by atoms with E-state index in [2.05, 4.69) is 0 Å². The van der Waals surface area contributed by atoms with Crippen LogP contribution in [0, 0.1) is 5.82 Å². The van der Waals surface area contributed by atoms with Gasteiger partial charge in [0.2, 0.25) is 0 Å². The van der Waals surface area contributed by atoms with Crippen molar-refractivity contribution in [3.8, 4) is 0 Å². The molecule has 0 radical (unpaired) electrons. The average molecular weight is 285 g/mol. The molecular weight excluding hydrogens is 261 g/mol. The van der Waals surface area contributed by atoms with Gasteiger partial charge in [0, 0.05) is 19.8 Å². The van der Waals surface area contributed by atoms with Gasteiger partial charge in [-0.2, -0.15) is 0 Å². The number of ether oxygens (including phenoxy) is 3. The second-order valence-electron chi connectivity index (χ2n) is 4.60. The molecule has 0 aromatic heterocycles. The molecule has 4 nitrogen and oxygen atoms in total. The van der Waals surface area contributed by atoms with Gasteiger partial charge in [0.25, 0.3) is 0 Å². The third-order valence-electron chi connectivity index (χ3n) is 2.85. The predicted octanol–water partition coefficient (Wildman–Crippen LogP) is 1.77. The van der Waals surface area contributed by atoms with Crippen molar-refractivity contribution < 1.29 is 18.6 Å². The molecule has 1 unspecified atom stereocenters. The molecule has 0 fully saturated rings. The van der Waals surface area contributed by atoms with Crippen molar-refractivity contribution >= 4 is 0 Å². The molecule has 1 aromatic rings. The minimum atomic E-state index is -0.223. The van der Waals surface area contributed by atoms with Crippen LogP contribution in [0.2, 0.25) is 0 Å². The number of hydrogen-bond acceptors (Lipinski definition) is 4. The standard InChI is InChI=1S/C15H24FNO3/c1-18-8-9-20-11-10-19-7-6-15(17)12-13-2-4-14(16)5-3-13/h2-5,15H,6-12,17H2,1H3. The highest BCUT2D eigenvalue weighted by molar-refractivity contribution is 5.16. The van der Waals surface area contributed by atoms with Gasteiger partial charge in [-0.05, 0) is 30.5 Å². The molecule has 0 aliphatic heterocycles. The lowest BCUT2D eigenvalue weighted by Gasteiger charge is -2.12. The molecule has 0 amide bonds. The minimum Gasteiger partial charge on any atom is -0.382 e. The highest BCUT2D eigenvalue weighted by atomic mass is 19.1. The molecule has 0 saturated carbocycles. The monoisotopic (exact) mass is 285 g/mol. The number of methoxy groups -OCH3 is 1. The Morgan fingerprint density at radius 1 is 1.00 bits per heavy atom. The van der Waals surface area contributed by atoms with Crippen LogP contribution in [0.15, 0.2) is 24.3 Å². The first-order valence-corrected chi connectivity index (χ1v) is 6.87. The molecular formula is C15H24FNO3. The summed E-state index contributed by atoms with van der Waals surface area (Å²) in [6.07, 6.45) is 1.50. The maximum absolute atomic E-state index is 12.8. The molecule has 0 bridgehead atoms. The van der Waals surface area contributed by atoms with Crippen LogP contribution >= 0.6 is 0 Å². The van der Waals surface area contributed by atoms with Crippen LogP contribution in [0.5, 0.6) is 0 Å². The van der Waals surface area contributed by atoms with Crippen molar-refractivity contribution in [2.24, 2.45) is 5.73 Å². The molecule has 0 spiro atoms. The van der Waals surface area contributed by atoms with E-state index in [1.165, 1.54) is 12.1 Å². The quantitative estimate of drug-likeness (QED) is 0.630. The summed E-state index contributed by atoms with van der Waals surface area (Å²) in [4.78, 5) is 0. The molecule has 1 rings (SSSR count). The molecule has 1 aromatic carbocycles. The zero-order valence-electron chi connectivity index (χ0n) is 12.0. The van der Waals surface area contributed by atoms with Crippen LogP contribution in [-0.4, -0.2) is 46.2 Å². The normalized spacial score (nSPS) is 12.6. The van der Waals surface area contributed by atoms with Gasteiger partial charge in [0.15, 0.2) is 0 Å². The van der Waals surface area contributed by atoms with Gasteiger partial charge in [-0.3, -0.25) is 0 Å². The van der Waals surface area contributed by atoms with Crippen LogP contribution < -0.4 is 5.73 Å². The van der Waals surface area contributed by atoms with Crippen LogP contribution in [0.25, 0.3) is 0 Å². The van der Waals surface area contributed by atoms with Crippen molar-refractivity contribution in [3.05, 3.63) is 35.6 Å². The first-order valence-electron chi connectivity index (χ1n) is 6.87. The molecule has 0 heterocycles. The summed E-state index contributed by atoms with van der Waals surface area (Å²) in [5.74, 6) is -0.223. The number of nitrogens with two attached hydrogens (primary N) is 1. The van der Waals surface area contributed by atoms with E-state index in [0.717, 1.165) is 18.4 Å². The van der Waals surface area contributed by atoms with E-state index >= 15 is 0 Å². The third-order valence-corrected chi connectivity index (χ3v) is 2.85. The summed E-state index contributed by atoms with van der Waals surface area (Å²) < 4.78 is 28.3. The van der Waals surface area contributed by atoms with Gasteiger partial charge >= 0.3 is 0 Å². The zero-order chi connectivity index (χ0) is 14.6. The van der Waals surface area contributed by atoms with E-state index in [0.29, 0.717) is 33.0 Å². The molecule has 0 aliphatic rings. The van der Waals surface area contributed by atoms with Crippen LogP contribution in [0.3, 0.4) is 0 Å². The van der Waals surface area contributed by atoms with Gasteiger partial charge in [-0.1, -0.05) is 12.1 Å². The van der Waals surface area contributed by atoms with Crippen molar-refractivity contribution in [3.63, 3.8) is 0 Å². The van der Waals surface area contributed by atoms with E-state index in [4.69, 9.17) is 19.9 Å². The predicted molar refractivity (Wildman–Crippen MR) is 76.2 cm³/mol. The molecule has 2 N–H and O–H groups in total. The van der Waals surface area contributed by atoms with Crippen LogP contribution in [0.1, 0.15) is 12.0 Å². The van der Waals surface area contributed by atoms with Crippen LogP contribution in [-0.2, 0) is 20.6 Å². The summed E-state index contributed by atoms with van der Waals surface area (Å²) in [5.41, 5.74) is 7.05. The fourth-order valence-corrected chi connectivity index (χ4v) is 1.72. The Morgan fingerprint density at radius 2 is 1.60 bits per heavy atom. The number of hydrogen-bond donors (Lipinski definition) is 1. The van der Waals surface area contributed by atoms with Gasteiger partial charge < -0.3 is 19.9 Å². The molecule has 0 saturated heterocycles. The Kier molecular flexibility index (Phi) is 9.15. The Morgan fingerprint density at radius 3 is 2.25 bits per heavy atom. The molecule has 1 atom stereocenters. The zero-order valence-corrected chi connectivity index (χ0v) is 12.0. The van der Waals surface area contributed by atoms with Crippen molar-refractivity contribution in [1.82, 2.24) is 0 Å². The maximum Gasteiger partial charge on any atom is 0.123 e. The first kappa shape index (κ1) is 17.0. The lowest BCUT2D eigenvalue weighted by Crippen LogP contribution is -2.25. The molecule has 114 valence electrons. The van der Waals surface area contributed by atoms with E-state index in [1.54, 1.807) is 19.2 Å². The second-order valence-corrected chi connectivity index (χ2v) is 4.60. The van der Waals surface area contributed by atoms with E-state index in [1.807, 2.05) is 0 Å². The summed E-state index contributed by atoms with van der Waals surface area (Å²) in [5, 5.41) is 0. The molecule has 20 heavy (non-hydrogen) atoms. The van der Waals surface area contributed by atoms with Crippen molar-refractivity contribution in [2.45, 2.75) is 18.9 Å². The second kappa shape index (κ2) is 10.7. The smallest absolute Gasteiger partial charge is 0.123 e. The summed E-state index contributed by atoms with van der Waals surface area (Å²) in [7, 11) is 1.64. The van der Waals surface area contributed by atoms with Crippen LogP contribution in [0.4, 0.5) is 4.39 Å². The Labute approximate surface area is 120 Å². The van der Waals surface area contributed by atoms with Gasteiger partial charge in [0.1, 0.15) is 5.82 Å². The highest BCUT2D eigenvalue weighted by Gasteiger charge is 2.04. The minimum absolute atomic E-state index is 0.0230. The summed E-state index contributed by atoms with van der Waals surface area (Å²) in [6, 6.07) is 6.46. The lowest BCUT2D eigenvalue weighted by molar-refractivity contribution is 0.0234. The number of rotatable bonds is 11. The molecule has 5 heteroatoms. The van der Waals surface area contributed by atoms with E-state index in [9.17, 15) is 4.39 Å². The lowest BCUT2D eigenvalue weighted by atomic mass is 10.0. The SMILES string of the molecule is COCCOCCOCCC(N)Cc1ccc(F)cc1.